The van der Waals surface area contributed by atoms with Crippen LogP contribution in [0.5, 0.6) is 5.75 Å². The fourth-order valence-corrected chi connectivity index (χ4v) is 2.14. The smallest absolute Gasteiger partial charge is 0.189 e. The monoisotopic (exact) mass is 366 g/mol. The van der Waals surface area contributed by atoms with Gasteiger partial charge in [-0.3, -0.25) is 10.9 Å². The van der Waals surface area contributed by atoms with Crippen LogP contribution in [0.3, 0.4) is 0 Å². The van der Waals surface area contributed by atoms with Crippen molar-refractivity contribution in [3.05, 3.63) is 53.6 Å². The molecule has 0 heterocycles. The summed E-state index contributed by atoms with van der Waals surface area (Å²) in [6.07, 6.45) is 0. The predicted molar refractivity (Wildman–Crippen MR) is 103 cm³/mol. The molecule has 0 amide bonds. The number of halogens is 1. The van der Waals surface area contributed by atoms with Crippen molar-refractivity contribution in [2.75, 3.05) is 17.7 Å². The third-order valence-electron chi connectivity index (χ3n) is 2.72. The van der Waals surface area contributed by atoms with Gasteiger partial charge in [0.05, 0.1) is 7.11 Å². The van der Waals surface area contributed by atoms with E-state index in [1.54, 1.807) is 19.2 Å². The summed E-state index contributed by atoms with van der Waals surface area (Å²) in [5, 5.41) is 7.43. The molecule has 2 rings (SSSR count). The summed E-state index contributed by atoms with van der Waals surface area (Å²) >= 11 is 16.2. The molecule has 5 nitrogen and oxygen atoms in total. The second kappa shape index (κ2) is 8.52. The Morgan fingerprint density at radius 2 is 1.52 bits per heavy atom. The van der Waals surface area contributed by atoms with Gasteiger partial charge in [0.15, 0.2) is 10.2 Å². The number of anilines is 2. The van der Waals surface area contributed by atoms with Gasteiger partial charge in [0, 0.05) is 22.5 Å². The molecule has 0 bridgehead atoms. The van der Waals surface area contributed by atoms with Crippen molar-refractivity contribution >= 4 is 57.6 Å². The topological polar surface area (TPSA) is 57.4 Å². The Balaban J connectivity index is 1.79. The number of rotatable bonds is 3. The molecule has 0 atom stereocenters. The lowest BCUT2D eigenvalue weighted by molar-refractivity contribution is 0.415. The normalized spacial score (nSPS) is 9.65. The summed E-state index contributed by atoms with van der Waals surface area (Å²) in [5.41, 5.74) is 7.22. The van der Waals surface area contributed by atoms with Gasteiger partial charge >= 0.3 is 0 Å². The predicted octanol–water partition coefficient (Wildman–Crippen LogP) is 3.54. The fraction of sp³-hybridized carbons (Fsp3) is 0.0667. The molecule has 120 valence electrons. The molecule has 2 aromatic carbocycles. The van der Waals surface area contributed by atoms with Crippen LogP contribution in [-0.2, 0) is 0 Å². The molecule has 0 aliphatic rings. The van der Waals surface area contributed by atoms with E-state index in [4.69, 9.17) is 40.8 Å². The largest absolute Gasteiger partial charge is 0.497 e. The molecule has 8 heteroatoms. The Morgan fingerprint density at radius 1 is 0.913 bits per heavy atom. The van der Waals surface area contributed by atoms with Crippen LogP contribution < -0.4 is 26.2 Å². The minimum atomic E-state index is 0.374. The van der Waals surface area contributed by atoms with Crippen molar-refractivity contribution in [3.63, 3.8) is 0 Å². The van der Waals surface area contributed by atoms with E-state index in [1.165, 1.54) is 0 Å². The van der Waals surface area contributed by atoms with Crippen molar-refractivity contribution in [2.24, 2.45) is 0 Å². The van der Waals surface area contributed by atoms with Crippen LogP contribution in [0.1, 0.15) is 0 Å². The Bertz CT molecular complexity index is 694. The number of ether oxygens (including phenoxy) is 1. The molecular weight excluding hydrogens is 352 g/mol. The number of benzene rings is 2. The maximum Gasteiger partial charge on any atom is 0.189 e. The van der Waals surface area contributed by atoms with Crippen molar-refractivity contribution in [3.8, 4) is 5.75 Å². The van der Waals surface area contributed by atoms with Crippen LogP contribution in [0, 0.1) is 0 Å². The van der Waals surface area contributed by atoms with Gasteiger partial charge in [0.1, 0.15) is 5.75 Å². The maximum atomic E-state index is 5.83. The van der Waals surface area contributed by atoms with Gasteiger partial charge in [-0.2, -0.15) is 0 Å². The quantitative estimate of drug-likeness (QED) is 0.489. The highest BCUT2D eigenvalue weighted by Gasteiger charge is 2.01. The number of nitrogens with one attached hydrogen (secondary N) is 4. The molecule has 0 aliphatic carbocycles. The lowest BCUT2D eigenvalue weighted by Gasteiger charge is -2.14. The first-order valence-corrected chi connectivity index (χ1v) is 7.80. The maximum absolute atomic E-state index is 5.83. The van der Waals surface area contributed by atoms with Crippen molar-refractivity contribution in [1.82, 2.24) is 10.9 Å². The molecule has 0 saturated heterocycles. The number of hydrogen-bond donors (Lipinski definition) is 4. The molecule has 0 aromatic heterocycles. The van der Waals surface area contributed by atoms with Gasteiger partial charge in [-0.1, -0.05) is 17.7 Å². The van der Waals surface area contributed by atoms with Gasteiger partial charge in [0.2, 0.25) is 0 Å². The van der Waals surface area contributed by atoms with Gasteiger partial charge in [-0.05, 0) is 60.8 Å². The second-order valence-electron chi connectivity index (χ2n) is 4.40. The molecular formula is C15H15ClN4OS2. The fourth-order valence-electron chi connectivity index (χ4n) is 1.67. The highest BCUT2D eigenvalue weighted by atomic mass is 35.5. The first kappa shape index (κ1) is 17.3. The van der Waals surface area contributed by atoms with E-state index in [9.17, 15) is 0 Å². The minimum Gasteiger partial charge on any atom is -0.497 e. The summed E-state index contributed by atoms with van der Waals surface area (Å²) in [4.78, 5) is 0. The van der Waals surface area contributed by atoms with Crippen molar-refractivity contribution in [1.29, 1.82) is 0 Å². The van der Waals surface area contributed by atoms with E-state index in [-0.39, 0.29) is 0 Å². The van der Waals surface area contributed by atoms with Crippen molar-refractivity contribution < 1.29 is 4.74 Å². The molecule has 4 N–H and O–H groups in total. The van der Waals surface area contributed by atoms with Gasteiger partial charge < -0.3 is 15.4 Å². The van der Waals surface area contributed by atoms with Crippen LogP contribution in [0.2, 0.25) is 5.02 Å². The Kier molecular flexibility index (Phi) is 6.40. The van der Waals surface area contributed by atoms with Crippen LogP contribution in [0.4, 0.5) is 11.4 Å². The average molecular weight is 367 g/mol. The molecule has 0 spiro atoms. The third-order valence-corrected chi connectivity index (χ3v) is 3.38. The molecule has 0 aliphatic heterocycles. The number of thiocarbonyl (C=S) groups is 2. The zero-order valence-electron chi connectivity index (χ0n) is 12.2. The molecule has 0 fully saturated rings. The first-order chi connectivity index (χ1) is 11.1. The van der Waals surface area contributed by atoms with E-state index < -0.39 is 0 Å². The van der Waals surface area contributed by atoms with Gasteiger partial charge in [-0.25, -0.2) is 0 Å². The first-order valence-electron chi connectivity index (χ1n) is 6.60. The number of hydrogen-bond acceptors (Lipinski definition) is 3. The third kappa shape index (κ3) is 5.90. The Morgan fingerprint density at radius 3 is 2.13 bits per heavy atom. The zero-order valence-corrected chi connectivity index (χ0v) is 14.6. The summed E-state index contributed by atoms with van der Waals surface area (Å²) in [6.45, 7) is 0. The van der Waals surface area contributed by atoms with E-state index in [1.807, 2.05) is 36.4 Å². The summed E-state index contributed by atoms with van der Waals surface area (Å²) in [5.74, 6) is 0.741. The van der Waals surface area contributed by atoms with Crippen LogP contribution in [0.25, 0.3) is 0 Å². The standard InChI is InChI=1S/C15H15ClN4OS2/c1-21-13-4-2-3-12(9-13)18-15(23)20-19-14(22)17-11-7-5-10(16)6-8-11/h2-9H,1H3,(H2,17,19,22)(H2,18,20,23). The van der Waals surface area contributed by atoms with Gasteiger partial charge in [0.25, 0.3) is 0 Å². The highest BCUT2D eigenvalue weighted by Crippen LogP contribution is 2.16. The van der Waals surface area contributed by atoms with Crippen molar-refractivity contribution in [2.45, 2.75) is 0 Å². The van der Waals surface area contributed by atoms with Gasteiger partial charge in [-0.15, -0.1) is 0 Å². The second-order valence-corrected chi connectivity index (χ2v) is 5.65. The summed E-state index contributed by atoms with van der Waals surface area (Å²) in [7, 11) is 1.61. The van der Waals surface area contributed by atoms with Crippen LogP contribution in [-0.4, -0.2) is 17.3 Å². The van der Waals surface area contributed by atoms with E-state index in [0.717, 1.165) is 17.1 Å². The molecule has 0 radical (unpaired) electrons. The van der Waals surface area contributed by atoms with E-state index >= 15 is 0 Å². The molecule has 2 aromatic rings. The molecule has 23 heavy (non-hydrogen) atoms. The average Bonchev–Trinajstić information content (AvgIpc) is 2.55. The van der Waals surface area contributed by atoms with E-state index in [2.05, 4.69) is 21.5 Å². The van der Waals surface area contributed by atoms with Crippen LogP contribution >= 0.6 is 36.0 Å². The SMILES string of the molecule is COc1cccc(NC(=S)NNC(=S)Nc2ccc(Cl)cc2)c1. The summed E-state index contributed by atoms with van der Waals surface area (Å²) in [6, 6.07) is 14.6. The summed E-state index contributed by atoms with van der Waals surface area (Å²) < 4.78 is 5.15. The zero-order chi connectivity index (χ0) is 16.7. The lowest BCUT2D eigenvalue weighted by atomic mass is 10.3. The molecule has 0 unspecified atom stereocenters. The lowest BCUT2D eigenvalue weighted by Crippen LogP contribution is -2.45. The van der Waals surface area contributed by atoms with Crippen LogP contribution in [0.15, 0.2) is 48.5 Å². The number of hydrazine groups is 1. The Hall–Kier alpha value is -2.09. The molecule has 0 saturated carbocycles. The van der Waals surface area contributed by atoms with E-state index in [0.29, 0.717) is 15.2 Å². The number of methoxy groups -OCH3 is 1. The highest BCUT2D eigenvalue weighted by molar-refractivity contribution is 7.81. The Labute approximate surface area is 150 Å². The minimum absolute atomic E-state index is 0.374.